The maximum Gasteiger partial charge on any atom is 0.313 e. The molecule has 0 saturated carbocycles. The summed E-state index contributed by atoms with van der Waals surface area (Å²) >= 11 is 0. The van der Waals surface area contributed by atoms with Crippen LogP contribution in [0.5, 0.6) is 0 Å². The third-order valence-electron chi connectivity index (χ3n) is 6.68. The Morgan fingerprint density at radius 1 is 1.37 bits per heavy atom. The predicted molar refractivity (Wildman–Crippen MR) is 109 cm³/mol. The van der Waals surface area contributed by atoms with Crippen LogP contribution in [0.2, 0.25) is 0 Å². The number of aliphatic hydroxyl groups excluding tert-OH is 1. The Morgan fingerprint density at radius 2 is 2.07 bits per heavy atom. The lowest BCUT2D eigenvalue weighted by atomic mass is 9.66. The fourth-order valence-corrected chi connectivity index (χ4v) is 5.49. The highest BCUT2D eigenvalue weighted by atomic mass is 16.6. The van der Waals surface area contributed by atoms with Gasteiger partial charge in [0, 0.05) is 19.1 Å². The summed E-state index contributed by atoms with van der Waals surface area (Å²) in [5.41, 5.74) is -1.98. The van der Waals surface area contributed by atoms with Crippen LogP contribution in [0.3, 0.4) is 0 Å². The van der Waals surface area contributed by atoms with Crippen molar-refractivity contribution in [2.24, 2.45) is 11.8 Å². The van der Waals surface area contributed by atoms with Crippen molar-refractivity contribution in [3.05, 3.63) is 25.3 Å². The van der Waals surface area contributed by atoms with E-state index in [0.29, 0.717) is 19.4 Å². The van der Waals surface area contributed by atoms with E-state index in [9.17, 15) is 19.5 Å². The number of fused-ring (bicyclic) bond motifs is 1. The number of ether oxygens (including phenoxy) is 2. The zero-order valence-corrected chi connectivity index (χ0v) is 18.0. The predicted octanol–water partition coefficient (Wildman–Crippen LogP) is 0.896. The maximum absolute atomic E-state index is 13.7. The van der Waals surface area contributed by atoms with Gasteiger partial charge in [-0.25, -0.2) is 0 Å². The first kappa shape index (κ1) is 22.5. The Labute approximate surface area is 177 Å². The van der Waals surface area contributed by atoms with Crippen molar-refractivity contribution in [2.45, 2.75) is 56.9 Å². The summed E-state index contributed by atoms with van der Waals surface area (Å²) in [6.07, 6.45) is 4.15. The Kier molecular flexibility index (Phi) is 6.11. The van der Waals surface area contributed by atoms with Crippen LogP contribution in [0, 0.1) is 11.8 Å². The molecule has 0 aromatic carbocycles. The number of β-amino-alcohol motifs (C(OH)–C–C–N with tert-alkyl or cyclic N) is 1. The van der Waals surface area contributed by atoms with Gasteiger partial charge >= 0.3 is 5.97 Å². The smallest absolute Gasteiger partial charge is 0.313 e. The summed E-state index contributed by atoms with van der Waals surface area (Å²) in [5, 5.41) is 9.59. The number of carbonyl (C=O) groups is 3. The SMILES string of the molecule is C=CCOC(=O)[C@H]1[C@H]2C(=O)N(CCO)C(C(=O)N(CC=C)C(C)C)C23CC[C@]1(C)O3. The molecule has 1 spiro atoms. The van der Waals surface area contributed by atoms with Gasteiger partial charge in [0.1, 0.15) is 24.2 Å². The second-order valence-electron chi connectivity index (χ2n) is 8.77. The fourth-order valence-electron chi connectivity index (χ4n) is 5.49. The molecule has 5 atom stereocenters. The summed E-state index contributed by atoms with van der Waals surface area (Å²) in [5.74, 6) is -2.72. The Balaban J connectivity index is 2.05. The summed E-state index contributed by atoms with van der Waals surface area (Å²) in [6.45, 7) is 13.0. The number of hydrogen-bond donors (Lipinski definition) is 1. The Hall–Kier alpha value is -2.19. The summed E-state index contributed by atoms with van der Waals surface area (Å²) in [6, 6.07) is -1.01. The minimum atomic E-state index is -1.11. The minimum absolute atomic E-state index is 0.00200. The Morgan fingerprint density at radius 3 is 2.63 bits per heavy atom. The van der Waals surface area contributed by atoms with Crippen molar-refractivity contribution in [3.63, 3.8) is 0 Å². The molecule has 3 fully saturated rings. The standard InChI is InChI=1S/C22H32N2O6/c1-6-10-23(14(3)4)19(27)17-22-9-8-21(5,30-22)16(20(28)29-13-7-2)15(22)18(26)24(17)11-12-25/h6-7,14-17,25H,1-2,8-13H2,3-5H3/t15-,16+,17?,21-,22?/m0/s1. The van der Waals surface area contributed by atoms with E-state index in [0.717, 1.165) is 0 Å². The number of rotatable bonds is 9. The number of nitrogens with zero attached hydrogens (tertiary/aromatic N) is 2. The molecule has 30 heavy (non-hydrogen) atoms. The number of amides is 2. The topological polar surface area (TPSA) is 96.4 Å². The van der Waals surface area contributed by atoms with Crippen molar-refractivity contribution in [2.75, 3.05) is 26.3 Å². The molecule has 8 nitrogen and oxygen atoms in total. The van der Waals surface area contributed by atoms with Crippen LogP contribution in [0.25, 0.3) is 0 Å². The van der Waals surface area contributed by atoms with E-state index < -0.39 is 35.0 Å². The number of aliphatic hydroxyl groups is 1. The highest BCUT2D eigenvalue weighted by molar-refractivity contribution is 5.98. The highest BCUT2D eigenvalue weighted by Crippen LogP contribution is 2.63. The van der Waals surface area contributed by atoms with E-state index >= 15 is 0 Å². The third kappa shape index (κ3) is 3.17. The van der Waals surface area contributed by atoms with Crippen molar-refractivity contribution < 1.29 is 29.0 Å². The fraction of sp³-hybridized carbons (Fsp3) is 0.682. The molecule has 3 saturated heterocycles. The monoisotopic (exact) mass is 420 g/mol. The maximum atomic E-state index is 13.7. The molecular formula is C22H32N2O6. The van der Waals surface area contributed by atoms with E-state index in [4.69, 9.17) is 9.47 Å². The van der Waals surface area contributed by atoms with Gasteiger partial charge in [-0.05, 0) is 33.6 Å². The zero-order valence-electron chi connectivity index (χ0n) is 18.0. The number of hydrogen-bond acceptors (Lipinski definition) is 6. The molecule has 2 bridgehead atoms. The van der Waals surface area contributed by atoms with E-state index in [-0.39, 0.29) is 37.6 Å². The second-order valence-corrected chi connectivity index (χ2v) is 8.77. The molecule has 8 heteroatoms. The summed E-state index contributed by atoms with van der Waals surface area (Å²) in [7, 11) is 0. The minimum Gasteiger partial charge on any atom is -0.461 e. The normalized spacial score (nSPS) is 34.2. The van der Waals surface area contributed by atoms with Crippen molar-refractivity contribution in [1.82, 2.24) is 9.80 Å². The van der Waals surface area contributed by atoms with Gasteiger partial charge in [0.2, 0.25) is 11.8 Å². The van der Waals surface area contributed by atoms with Crippen LogP contribution in [0.1, 0.15) is 33.6 Å². The second kappa shape index (κ2) is 8.15. The highest BCUT2D eigenvalue weighted by Gasteiger charge is 2.78. The molecule has 0 aliphatic carbocycles. The van der Waals surface area contributed by atoms with E-state index in [1.165, 1.54) is 11.0 Å². The molecule has 2 amide bonds. The van der Waals surface area contributed by atoms with Gasteiger partial charge in [0.25, 0.3) is 0 Å². The van der Waals surface area contributed by atoms with Crippen LogP contribution < -0.4 is 0 Å². The average Bonchev–Trinajstić information content (AvgIpc) is 3.25. The molecule has 166 valence electrons. The number of esters is 1. The van der Waals surface area contributed by atoms with Crippen LogP contribution in [0.15, 0.2) is 25.3 Å². The first-order valence-electron chi connectivity index (χ1n) is 10.5. The lowest BCUT2D eigenvalue weighted by Crippen LogP contribution is -2.57. The molecule has 0 aromatic rings. The lowest BCUT2D eigenvalue weighted by molar-refractivity contribution is -0.159. The van der Waals surface area contributed by atoms with E-state index in [1.807, 2.05) is 20.8 Å². The third-order valence-corrected chi connectivity index (χ3v) is 6.68. The van der Waals surface area contributed by atoms with Crippen LogP contribution in [0.4, 0.5) is 0 Å². The van der Waals surface area contributed by atoms with Crippen molar-refractivity contribution >= 4 is 17.8 Å². The molecule has 2 unspecified atom stereocenters. The van der Waals surface area contributed by atoms with Gasteiger partial charge in [-0.1, -0.05) is 18.7 Å². The average molecular weight is 421 g/mol. The van der Waals surface area contributed by atoms with Gasteiger partial charge in [-0.2, -0.15) is 0 Å². The molecule has 3 aliphatic rings. The molecule has 1 N–H and O–H groups in total. The van der Waals surface area contributed by atoms with Gasteiger partial charge in [-0.3, -0.25) is 14.4 Å². The molecule has 0 radical (unpaired) electrons. The molecule has 0 aromatic heterocycles. The molecular weight excluding hydrogens is 388 g/mol. The van der Waals surface area contributed by atoms with Gasteiger partial charge in [0.05, 0.1) is 18.1 Å². The number of carbonyl (C=O) groups excluding carboxylic acids is 3. The van der Waals surface area contributed by atoms with Crippen LogP contribution in [-0.4, -0.2) is 82.3 Å². The number of likely N-dealkylation sites (tertiary alicyclic amines) is 1. The van der Waals surface area contributed by atoms with Crippen molar-refractivity contribution in [1.29, 1.82) is 0 Å². The molecule has 3 aliphatic heterocycles. The zero-order chi connectivity index (χ0) is 22.3. The quantitative estimate of drug-likeness (QED) is 0.440. The first-order valence-corrected chi connectivity index (χ1v) is 10.5. The van der Waals surface area contributed by atoms with Gasteiger partial charge in [-0.15, -0.1) is 6.58 Å². The molecule has 3 heterocycles. The lowest BCUT2D eigenvalue weighted by Gasteiger charge is -2.38. The van der Waals surface area contributed by atoms with Gasteiger partial charge in [0.15, 0.2) is 0 Å². The van der Waals surface area contributed by atoms with E-state index in [1.54, 1.807) is 11.0 Å². The summed E-state index contributed by atoms with van der Waals surface area (Å²) < 4.78 is 11.7. The largest absolute Gasteiger partial charge is 0.461 e. The Bertz CT molecular complexity index is 752. The van der Waals surface area contributed by atoms with Crippen molar-refractivity contribution in [3.8, 4) is 0 Å². The van der Waals surface area contributed by atoms with Crippen LogP contribution in [-0.2, 0) is 23.9 Å². The first-order chi connectivity index (χ1) is 14.2. The van der Waals surface area contributed by atoms with E-state index in [2.05, 4.69) is 13.2 Å². The van der Waals surface area contributed by atoms with Gasteiger partial charge < -0.3 is 24.4 Å². The molecule has 3 rings (SSSR count). The van der Waals surface area contributed by atoms with Crippen LogP contribution >= 0.6 is 0 Å². The summed E-state index contributed by atoms with van der Waals surface area (Å²) in [4.78, 5) is 43.1.